The first kappa shape index (κ1) is 18.2. The van der Waals surface area contributed by atoms with Gasteiger partial charge in [-0.2, -0.15) is 0 Å². The van der Waals surface area contributed by atoms with Gasteiger partial charge in [-0.15, -0.1) is 0 Å². The highest BCUT2D eigenvalue weighted by atomic mass is 32.2. The Hall–Kier alpha value is -3.19. The van der Waals surface area contributed by atoms with Crippen LogP contribution in [0.2, 0.25) is 0 Å². The van der Waals surface area contributed by atoms with Crippen LogP contribution in [0.4, 0.5) is 0 Å². The standard InChI is InChI=1S/C21H18N4O2S/c26-20-18(9-16-11-22-14-23-12-16)19(10-17-7-4-8-27-17)24-21(25-20)28-13-15-5-2-1-3-6-15/h1-8,11-12,14H,9-10,13H2,(H,24,25,26). The summed E-state index contributed by atoms with van der Waals surface area (Å²) >= 11 is 1.51. The van der Waals surface area contributed by atoms with E-state index in [4.69, 9.17) is 9.40 Å². The molecule has 4 aromatic rings. The summed E-state index contributed by atoms with van der Waals surface area (Å²) in [5.41, 5.74) is 3.21. The Balaban J connectivity index is 1.63. The second kappa shape index (κ2) is 8.67. The smallest absolute Gasteiger partial charge is 0.255 e. The molecule has 0 aliphatic heterocycles. The molecule has 0 fully saturated rings. The summed E-state index contributed by atoms with van der Waals surface area (Å²) in [6.45, 7) is 0. The van der Waals surface area contributed by atoms with E-state index < -0.39 is 0 Å². The number of benzene rings is 1. The van der Waals surface area contributed by atoms with Gasteiger partial charge in [0.25, 0.3) is 5.56 Å². The first-order chi connectivity index (χ1) is 13.8. The van der Waals surface area contributed by atoms with Crippen LogP contribution in [0.25, 0.3) is 0 Å². The third kappa shape index (κ3) is 4.55. The van der Waals surface area contributed by atoms with Crippen molar-refractivity contribution in [3.05, 3.63) is 106 Å². The number of aromatic nitrogens is 4. The van der Waals surface area contributed by atoms with Gasteiger partial charge in [-0.25, -0.2) is 15.0 Å². The number of thioether (sulfide) groups is 1. The van der Waals surface area contributed by atoms with Crippen molar-refractivity contribution in [2.75, 3.05) is 0 Å². The molecule has 0 aliphatic carbocycles. The molecular formula is C21H18N4O2S. The Morgan fingerprint density at radius 1 is 0.964 bits per heavy atom. The zero-order valence-corrected chi connectivity index (χ0v) is 15.9. The minimum Gasteiger partial charge on any atom is -0.469 e. The number of H-pyrrole nitrogens is 1. The lowest BCUT2D eigenvalue weighted by Crippen LogP contribution is -2.19. The van der Waals surface area contributed by atoms with E-state index in [0.717, 1.165) is 17.1 Å². The monoisotopic (exact) mass is 390 g/mol. The van der Waals surface area contributed by atoms with Crippen LogP contribution in [-0.2, 0) is 18.6 Å². The molecule has 3 aromatic heterocycles. The van der Waals surface area contributed by atoms with Crippen molar-refractivity contribution >= 4 is 11.8 Å². The third-order valence-corrected chi connectivity index (χ3v) is 5.16. The molecule has 3 heterocycles. The zero-order chi connectivity index (χ0) is 19.2. The Labute approximate surface area is 166 Å². The molecule has 0 atom stereocenters. The zero-order valence-electron chi connectivity index (χ0n) is 15.0. The lowest BCUT2D eigenvalue weighted by molar-refractivity contribution is 0.517. The molecule has 140 valence electrons. The number of furan rings is 1. The average Bonchev–Trinajstić information content (AvgIpc) is 3.24. The molecule has 0 aliphatic rings. The summed E-state index contributed by atoms with van der Waals surface area (Å²) in [6, 6.07) is 13.8. The van der Waals surface area contributed by atoms with E-state index in [0.29, 0.717) is 29.3 Å². The van der Waals surface area contributed by atoms with Gasteiger partial charge < -0.3 is 9.40 Å². The molecule has 0 radical (unpaired) electrons. The van der Waals surface area contributed by atoms with Crippen LogP contribution in [0.1, 0.15) is 28.1 Å². The van der Waals surface area contributed by atoms with E-state index in [2.05, 4.69) is 27.1 Å². The Kier molecular flexibility index (Phi) is 5.63. The van der Waals surface area contributed by atoms with Crippen LogP contribution in [-0.4, -0.2) is 19.9 Å². The molecule has 0 saturated carbocycles. The first-order valence-corrected chi connectivity index (χ1v) is 9.81. The number of aromatic amines is 1. The molecule has 6 nitrogen and oxygen atoms in total. The van der Waals surface area contributed by atoms with Crippen LogP contribution in [0.3, 0.4) is 0 Å². The van der Waals surface area contributed by atoms with Gasteiger partial charge in [-0.1, -0.05) is 42.1 Å². The topological polar surface area (TPSA) is 84.7 Å². The summed E-state index contributed by atoms with van der Waals surface area (Å²) in [5, 5.41) is 0.600. The van der Waals surface area contributed by atoms with E-state index in [1.165, 1.54) is 23.7 Å². The van der Waals surface area contributed by atoms with Gasteiger partial charge in [0.1, 0.15) is 12.1 Å². The van der Waals surface area contributed by atoms with Crippen LogP contribution >= 0.6 is 11.8 Å². The molecule has 1 aromatic carbocycles. The van der Waals surface area contributed by atoms with E-state index in [1.54, 1.807) is 18.7 Å². The predicted molar refractivity (Wildman–Crippen MR) is 107 cm³/mol. The van der Waals surface area contributed by atoms with Crippen LogP contribution in [0.15, 0.2) is 81.8 Å². The van der Waals surface area contributed by atoms with Crippen LogP contribution in [0, 0.1) is 0 Å². The maximum atomic E-state index is 12.8. The van der Waals surface area contributed by atoms with Crippen molar-refractivity contribution < 1.29 is 4.42 Å². The van der Waals surface area contributed by atoms with E-state index in [9.17, 15) is 4.79 Å². The van der Waals surface area contributed by atoms with Crippen LogP contribution in [0.5, 0.6) is 0 Å². The number of rotatable bonds is 7. The summed E-state index contributed by atoms with van der Waals surface area (Å²) in [5.74, 6) is 1.50. The summed E-state index contributed by atoms with van der Waals surface area (Å²) in [6.07, 6.45) is 7.39. The highest BCUT2D eigenvalue weighted by Gasteiger charge is 2.15. The Morgan fingerprint density at radius 2 is 1.79 bits per heavy atom. The minimum atomic E-state index is -0.143. The number of nitrogens with one attached hydrogen (secondary N) is 1. The maximum Gasteiger partial charge on any atom is 0.255 e. The fourth-order valence-electron chi connectivity index (χ4n) is 2.85. The highest BCUT2D eigenvalue weighted by Crippen LogP contribution is 2.21. The quantitative estimate of drug-likeness (QED) is 0.383. The molecule has 4 rings (SSSR count). The second-order valence-electron chi connectivity index (χ2n) is 6.25. The van der Waals surface area contributed by atoms with E-state index in [1.807, 2.05) is 30.3 Å². The maximum absolute atomic E-state index is 12.8. The number of hydrogen-bond acceptors (Lipinski definition) is 6. The second-order valence-corrected chi connectivity index (χ2v) is 7.21. The predicted octanol–water partition coefficient (Wildman–Crippen LogP) is 3.63. The lowest BCUT2D eigenvalue weighted by atomic mass is 10.0. The lowest BCUT2D eigenvalue weighted by Gasteiger charge is -2.09. The van der Waals surface area contributed by atoms with Gasteiger partial charge in [0.2, 0.25) is 0 Å². The number of nitrogens with zero attached hydrogens (tertiary/aromatic N) is 3. The van der Waals surface area contributed by atoms with Crippen molar-refractivity contribution in [2.45, 2.75) is 23.8 Å². The van der Waals surface area contributed by atoms with Gasteiger partial charge in [0.15, 0.2) is 5.16 Å². The average molecular weight is 390 g/mol. The molecule has 0 saturated heterocycles. The van der Waals surface area contributed by atoms with Gasteiger partial charge in [-0.3, -0.25) is 4.79 Å². The van der Waals surface area contributed by atoms with E-state index in [-0.39, 0.29) is 5.56 Å². The fourth-order valence-corrected chi connectivity index (χ4v) is 3.68. The third-order valence-electron chi connectivity index (χ3n) is 4.21. The van der Waals surface area contributed by atoms with Crippen molar-refractivity contribution in [1.82, 2.24) is 19.9 Å². The minimum absolute atomic E-state index is 0.143. The Bertz CT molecular complexity index is 1080. The normalized spacial score (nSPS) is 10.9. The largest absolute Gasteiger partial charge is 0.469 e. The summed E-state index contributed by atoms with van der Waals surface area (Å²) in [7, 11) is 0. The van der Waals surface area contributed by atoms with Crippen molar-refractivity contribution in [1.29, 1.82) is 0 Å². The molecule has 7 heteroatoms. The molecular weight excluding hydrogens is 372 g/mol. The fraction of sp³-hybridized carbons (Fsp3) is 0.143. The molecule has 28 heavy (non-hydrogen) atoms. The first-order valence-electron chi connectivity index (χ1n) is 8.83. The molecule has 0 spiro atoms. The van der Waals surface area contributed by atoms with Crippen molar-refractivity contribution in [2.24, 2.45) is 0 Å². The van der Waals surface area contributed by atoms with Gasteiger partial charge in [-0.05, 0) is 23.3 Å². The molecule has 0 unspecified atom stereocenters. The summed E-state index contributed by atoms with van der Waals surface area (Å²) < 4.78 is 5.47. The van der Waals surface area contributed by atoms with Gasteiger partial charge in [0.05, 0.1) is 12.0 Å². The SMILES string of the molecule is O=c1[nH]c(SCc2ccccc2)nc(Cc2ccco2)c1Cc1cncnc1. The van der Waals surface area contributed by atoms with Gasteiger partial charge >= 0.3 is 0 Å². The van der Waals surface area contributed by atoms with E-state index >= 15 is 0 Å². The summed E-state index contributed by atoms with van der Waals surface area (Å²) in [4.78, 5) is 28.5. The molecule has 0 amide bonds. The molecule has 1 N–H and O–H groups in total. The molecule has 0 bridgehead atoms. The van der Waals surface area contributed by atoms with Crippen LogP contribution < -0.4 is 5.56 Å². The van der Waals surface area contributed by atoms with Crippen molar-refractivity contribution in [3.63, 3.8) is 0 Å². The highest BCUT2D eigenvalue weighted by molar-refractivity contribution is 7.98. The van der Waals surface area contributed by atoms with Crippen molar-refractivity contribution in [3.8, 4) is 0 Å². The Morgan fingerprint density at radius 3 is 2.54 bits per heavy atom. The van der Waals surface area contributed by atoms with Gasteiger partial charge in [0, 0.05) is 36.6 Å². The number of hydrogen-bond donors (Lipinski definition) is 1.